The second kappa shape index (κ2) is 8.05. The molecule has 6 heteroatoms. The predicted molar refractivity (Wildman–Crippen MR) is 104 cm³/mol. The van der Waals surface area contributed by atoms with Gasteiger partial charge in [0.05, 0.1) is 19.1 Å². The summed E-state index contributed by atoms with van der Waals surface area (Å²) in [4.78, 5) is 25.5. The molecule has 6 atom stereocenters. The molecule has 0 spiro atoms. The fourth-order valence-electron chi connectivity index (χ4n) is 4.93. The zero-order valence-electron chi connectivity index (χ0n) is 17.6. The summed E-state index contributed by atoms with van der Waals surface area (Å²) in [7, 11) is 1.43. The van der Waals surface area contributed by atoms with E-state index in [-0.39, 0.29) is 41.8 Å². The molecule has 0 unspecified atom stereocenters. The molecule has 0 bridgehead atoms. The van der Waals surface area contributed by atoms with E-state index in [1.54, 1.807) is 0 Å². The highest BCUT2D eigenvalue weighted by atomic mass is 16.5. The molecule has 1 amide bonds. The molecule has 0 aliphatic heterocycles. The molecule has 28 heavy (non-hydrogen) atoms. The molecule has 2 saturated carbocycles. The first-order chi connectivity index (χ1) is 13.2. The smallest absolute Gasteiger partial charge is 0.409 e. The number of amides is 1. The highest BCUT2D eigenvalue weighted by Crippen LogP contribution is 2.51. The number of esters is 1. The largest absolute Gasteiger partial charge is 0.457 e. The lowest BCUT2D eigenvalue weighted by molar-refractivity contribution is -0.148. The number of hydrogen-bond donors (Lipinski definition) is 1. The quantitative estimate of drug-likeness (QED) is 0.575. The Bertz CT molecular complexity index is 643. The van der Waals surface area contributed by atoms with Gasteiger partial charge in [-0.3, -0.25) is 4.79 Å². The van der Waals surface area contributed by atoms with Gasteiger partial charge in [0, 0.05) is 25.4 Å². The van der Waals surface area contributed by atoms with E-state index in [2.05, 4.69) is 19.4 Å². The fraction of sp³-hybridized carbons (Fsp3) is 0.773. The lowest BCUT2D eigenvalue weighted by atomic mass is 9.57. The van der Waals surface area contributed by atoms with Crippen molar-refractivity contribution in [2.24, 2.45) is 23.7 Å². The van der Waals surface area contributed by atoms with Gasteiger partial charge < -0.3 is 19.5 Å². The first-order valence-corrected chi connectivity index (χ1v) is 10.4. The molecule has 0 aromatic rings. The minimum Gasteiger partial charge on any atom is -0.457 e. The van der Waals surface area contributed by atoms with Crippen LogP contribution in [0.15, 0.2) is 11.6 Å². The Hall–Kier alpha value is -1.56. The molecule has 156 valence electrons. The molecule has 3 rings (SSSR count). The monoisotopic (exact) mass is 391 g/mol. The van der Waals surface area contributed by atoms with Crippen molar-refractivity contribution >= 4 is 12.1 Å². The van der Waals surface area contributed by atoms with E-state index < -0.39 is 11.7 Å². The van der Waals surface area contributed by atoms with Gasteiger partial charge in [-0.05, 0) is 55.9 Å². The minimum absolute atomic E-state index is 0.0310. The molecule has 0 saturated heterocycles. The lowest BCUT2D eigenvalue weighted by Gasteiger charge is -2.52. The second-order valence-corrected chi connectivity index (χ2v) is 8.87. The Labute approximate surface area is 168 Å². The summed E-state index contributed by atoms with van der Waals surface area (Å²) in [6, 6.07) is 0.284. The van der Waals surface area contributed by atoms with Crippen molar-refractivity contribution in [3.8, 4) is 0 Å². The van der Waals surface area contributed by atoms with Gasteiger partial charge in [-0.1, -0.05) is 19.9 Å². The SMILES string of the molecule is COC(=O)N(C[C@@H](C)[C@@H]1CC[C@@H](C)[C@]2(O)[C][C@@H](OC(C)=O)C(C)=C[C@H]12)C1CC1. The van der Waals surface area contributed by atoms with E-state index >= 15 is 0 Å². The first-order valence-electron chi connectivity index (χ1n) is 10.4. The number of nitrogens with zero attached hydrogens (tertiary/aromatic N) is 1. The molecule has 2 fully saturated rings. The third-order valence-corrected chi connectivity index (χ3v) is 6.77. The summed E-state index contributed by atoms with van der Waals surface area (Å²) in [5, 5.41) is 11.5. The third kappa shape index (κ3) is 4.07. The van der Waals surface area contributed by atoms with E-state index in [9.17, 15) is 14.7 Å². The Morgan fingerprint density at radius 2 is 2.04 bits per heavy atom. The van der Waals surface area contributed by atoms with Gasteiger partial charge in [0.15, 0.2) is 0 Å². The Morgan fingerprint density at radius 3 is 2.61 bits per heavy atom. The van der Waals surface area contributed by atoms with Crippen LogP contribution in [-0.2, 0) is 14.3 Å². The number of fused-ring (bicyclic) bond motifs is 1. The van der Waals surface area contributed by atoms with Crippen molar-refractivity contribution in [1.82, 2.24) is 4.90 Å². The summed E-state index contributed by atoms with van der Waals surface area (Å²) in [6.07, 6.45) is 8.32. The maximum absolute atomic E-state index is 12.2. The van der Waals surface area contributed by atoms with E-state index in [1.165, 1.54) is 14.0 Å². The van der Waals surface area contributed by atoms with Gasteiger partial charge in [0.2, 0.25) is 0 Å². The van der Waals surface area contributed by atoms with Crippen LogP contribution in [0.5, 0.6) is 0 Å². The van der Waals surface area contributed by atoms with Gasteiger partial charge in [0.25, 0.3) is 0 Å². The number of carbonyl (C=O) groups is 2. The minimum atomic E-state index is -1.13. The number of aliphatic hydroxyl groups is 1. The summed E-state index contributed by atoms with van der Waals surface area (Å²) in [5.74, 6) is -0.0215. The standard InChI is InChI=1S/C22H33NO5/c1-13-10-19-18(14(2)12-23(17-7-8-17)21(25)27-5)9-6-15(3)22(19,26)11-20(13)28-16(4)24/h10,14-15,17-20,26H,6-9,12H2,1-5H3/t14-,15-,18+,19-,20-,22-/m1/s1. The Morgan fingerprint density at radius 1 is 1.36 bits per heavy atom. The van der Waals surface area contributed by atoms with E-state index in [1.807, 2.05) is 18.7 Å². The highest BCUT2D eigenvalue weighted by molar-refractivity contribution is 5.68. The number of rotatable bonds is 5. The summed E-state index contributed by atoms with van der Waals surface area (Å²) in [6.45, 7) is 8.11. The van der Waals surface area contributed by atoms with Gasteiger partial charge in [0.1, 0.15) is 6.10 Å². The van der Waals surface area contributed by atoms with Crippen molar-refractivity contribution < 1.29 is 24.2 Å². The normalized spacial score (nSPS) is 36.0. The van der Waals surface area contributed by atoms with Crippen LogP contribution in [0.2, 0.25) is 0 Å². The van der Waals surface area contributed by atoms with Gasteiger partial charge >= 0.3 is 12.1 Å². The highest BCUT2D eigenvalue weighted by Gasteiger charge is 2.53. The van der Waals surface area contributed by atoms with Crippen molar-refractivity contribution in [2.45, 2.75) is 71.1 Å². The van der Waals surface area contributed by atoms with E-state index in [0.29, 0.717) is 6.54 Å². The molecule has 0 aromatic heterocycles. The Balaban J connectivity index is 1.81. The third-order valence-electron chi connectivity index (χ3n) is 6.77. The summed E-state index contributed by atoms with van der Waals surface area (Å²) < 4.78 is 10.3. The van der Waals surface area contributed by atoms with Gasteiger partial charge in [-0.2, -0.15) is 0 Å². The van der Waals surface area contributed by atoms with Crippen molar-refractivity contribution in [3.63, 3.8) is 0 Å². The van der Waals surface area contributed by atoms with Crippen molar-refractivity contribution in [1.29, 1.82) is 0 Å². The predicted octanol–water partition coefficient (Wildman–Crippen LogP) is 3.22. The van der Waals surface area contributed by atoms with Crippen molar-refractivity contribution in [2.75, 3.05) is 13.7 Å². The van der Waals surface area contributed by atoms with Crippen LogP contribution in [0.4, 0.5) is 4.79 Å². The molecule has 1 N–H and O–H groups in total. The zero-order valence-corrected chi connectivity index (χ0v) is 17.6. The average Bonchev–Trinajstić information content (AvgIpc) is 3.46. The molecule has 6 nitrogen and oxygen atoms in total. The molecule has 3 aliphatic carbocycles. The van der Waals surface area contributed by atoms with Crippen molar-refractivity contribution in [3.05, 3.63) is 18.1 Å². The van der Waals surface area contributed by atoms with Crippen LogP contribution in [0.1, 0.15) is 53.4 Å². The topological polar surface area (TPSA) is 76.1 Å². The van der Waals surface area contributed by atoms with Crippen LogP contribution in [0.3, 0.4) is 0 Å². The number of hydrogen-bond acceptors (Lipinski definition) is 5. The van der Waals surface area contributed by atoms with E-state index in [4.69, 9.17) is 9.47 Å². The molecule has 0 aromatic carbocycles. The van der Waals surface area contributed by atoms with Crippen LogP contribution in [-0.4, -0.2) is 53.5 Å². The molecular weight excluding hydrogens is 358 g/mol. The zero-order chi connectivity index (χ0) is 20.6. The molecule has 2 radical (unpaired) electrons. The lowest BCUT2D eigenvalue weighted by Crippen LogP contribution is -2.57. The Kier molecular flexibility index (Phi) is 6.08. The van der Waals surface area contributed by atoms with Gasteiger partial charge in [-0.25, -0.2) is 4.79 Å². The maximum Gasteiger partial charge on any atom is 0.409 e. The van der Waals surface area contributed by atoms with Crippen LogP contribution in [0.25, 0.3) is 0 Å². The fourth-order valence-corrected chi connectivity index (χ4v) is 4.93. The maximum atomic E-state index is 12.2. The van der Waals surface area contributed by atoms with E-state index in [0.717, 1.165) is 31.3 Å². The summed E-state index contributed by atoms with van der Waals surface area (Å²) >= 11 is 0. The van der Waals surface area contributed by atoms with Gasteiger partial charge in [-0.15, -0.1) is 0 Å². The first kappa shape index (κ1) is 21.2. The van der Waals surface area contributed by atoms with Crippen LogP contribution in [0, 0.1) is 30.1 Å². The van der Waals surface area contributed by atoms with Crippen LogP contribution < -0.4 is 0 Å². The second-order valence-electron chi connectivity index (χ2n) is 8.87. The summed E-state index contributed by atoms with van der Waals surface area (Å²) in [5.41, 5.74) is -0.227. The number of carbonyl (C=O) groups excluding carboxylic acids is 2. The van der Waals surface area contributed by atoms with Crippen LogP contribution >= 0.6 is 0 Å². The molecule has 3 aliphatic rings. The molecule has 0 heterocycles. The number of methoxy groups -OCH3 is 1. The number of ether oxygens (including phenoxy) is 2. The molecular formula is C22H33NO5. The average molecular weight is 392 g/mol.